The summed E-state index contributed by atoms with van der Waals surface area (Å²) < 4.78 is 0. The fourth-order valence-corrected chi connectivity index (χ4v) is 6.84. The van der Waals surface area contributed by atoms with Crippen LogP contribution in [0.5, 0.6) is 0 Å². The van der Waals surface area contributed by atoms with Crippen molar-refractivity contribution in [3.05, 3.63) is 0 Å². The van der Waals surface area contributed by atoms with Crippen molar-refractivity contribution in [1.82, 2.24) is 15.1 Å². The Hall–Kier alpha value is -1.14. The number of carbonyl (C=O) groups is 1. The summed E-state index contributed by atoms with van der Waals surface area (Å²) in [4.78, 5) is 20.9. The van der Waals surface area contributed by atoms with Crippen molar-refractivity contribution in [2.45, 2.75) is 167 Å². The second-order valence-electron chi connectivity index (χ2n) is 14.4. The Bertz CT molecular complexity index is 720. The maximum absolute atomic E-state index is 12.5. The lowest BCUT2D eigenvalue weighted by atomic mass is 9.77. The van der Waals surface area contributed by atoms with Crippen LogP contribution in [0.1, 0.15) is 132 Å². The number of piperidine rings is 2. The molecular formula is C30H59N4O2+. The van der Waals surface area contributed by atoms with Crippen LogP contribution in [0, 0.1) is 0 Å². The number of carbonyl (C=O) groups excluding carboxylic acids is 1. The quantitative estimate of drug-likeness (QED) is 0.218. The first-order chi connectivity index (χ1) is 16.5. The molecule has 0 aliphatic carbocycles. The zero-order valence-corrected chi connectivity index (χ0v) is 25.4. The SMILES string of the molecule is CN1C(C)(C)CC(NC(=O)CCCCCCCCC(O)=[NH+]C2CC(C)(C)N(C)C(C)(C)C2)CC1(C)C. The average molecular weight is 508 g/mol. The summed E-state index contributed by atoms with van der Waals surface area (Å²) in [6.07, 6.45) is 12.0. The summed E-state index contributed by atoms with van der Waals surface area (Å²) in [5, 5.41) is 13.8. The lowest BCUT2D eigenvalue weighted by Crippen LogP contribution is -2.84. The molecule has 2 saturated heterocycles. The molecule has 0 spiro atoms. The number of aliphatic hydroxyl groups is 1. The molecule has 0 bridgehead atoms. The molecule has 6 nitrogen and oxygen atoms in total. The van der Waals surface area contributed by atoms with E-state index in [4.69, 9.17) is 0 Å². The van der Waals surface area contributed by atoms with E-state index in [-0.39, 0.29) is 34.1 Å². The molecule has 2 aliphatic heterocycles. The Morgan fingerprint density at radius 2 is 1.11 bits per heavy atom. The highest BCUT2D eigenvalue weighted by molar-refractivity contribution is 5.76. The van der Waals surface area contributed by atoms with Gasteiger partial charge in [-0.05, 0) is 95.2 Å². The lowest BCUT2D eigenvalue weighted by Gasteiger charge is -2.53. The van der Waals surface area contributed by atoms with Crippen molar-refractivity contribution in [2.24, 2.45) is 0 Å². The number of aliphatic hydroxyl groups excluding tert-OH is 1. The van der Waals surface area contributed by atoms with Gasteiger partial charge >= 0.3 is 5.90 Å². The van der Waals surface area contributed by atoms with E-state index in [1.165, 1.54) is 6.42 Å². The zero-order chi connectivity index (χ0) is 27.4. The molecule has 0 aromatic rings. The molecule has 3 N–H and O–H groups in total. The van der Waals surface area contributed by atoms with Gasteiger partial charge in [-0.25, -0.2) is 4.99 Å². The Kier molecular flexibility index (Phi) is 10.5. The topological polar surface area (TPSA) is 69.8 Å². The minimum Gasteiger partial charge on any atom is -0.464 e. The van der Waals surface area contributed by atoms with Crippen molar-refractivity contribution < 1.29 is 14.9 Å². The molecule has 2 rings (SSSR count). The Morgan fingerprint density at radius 1 is 0.722 bits per heavy atom. The van der Waals surface area contributed by atoms with E-state index in [0.29, 0.717) is 18.4 Å². The number of hydrogen-bond acceptors (Lipinski definition) is 3. The van der Waals surface area contributed by atoms with E-state index >= 15 is 0 Å². The molecule has 1 amide bonds. The summed E-state index contributed by atoms with van der Waals surface area (Å²) in [5.74, 6) is 0.662. The molecule has 0 aromatic heterocycles. The van der Waals surface area contributed by atoms with Crippen molar-refractivity contribution in [3.8, 4) is 0 Å². The Morgan fingerprint density at radius 3 is 1.58 bits per heavy atom. The number of nitrogens with one attached hydrogen (secondary N) is 2. The first-order valence-corrected chi connectivity index (χ1v) is 14.5. The van der Waals surface area contributed by atoms with Crippen LogP contribution in [-0.4, -0.2) is 75.0 Å². The molecule has 36 heavy (non-hydrogen) atoms. The monoisotopic (exact) mass is 507 g/mol. The third-order valence-corrected chi connectivity index (χ3v) is 9.42. The number of likely N-dealkylation sites (tertiary alicyclic amines) is 2. The van der Waals surface area contributed by atoms with Gasteiger partial charge in [0.2, 0.25) is 5.91 Å². The van der Waals surface area contributed by atoms with Crippen molar-refractivity contribution >= 4 is 11.8 Å². The standard InChI is InChI=1S/C30H58N4O2/c1-27(2)19-23(20-28(3,4)33(27)9)31-25(35)17-15-13-11-12-14-16-18-26(36)32-24-21-29(5,6)34(10)30(7,8)22-24/h23-24H,11-22H2,1-10H3,(H,31,35)(H,32,36)/p+1. The van der Waals surface area contributed by atoms with Crippen LogP contribution in [0.25, 0.3) is 0 Å². The average Bonchev–Trinajstić information content (AvgIpc) is 2.71. The van der Waals surface area contributed by atoms with E-state index in [1.807, 2.05) is 0 Å². The van der Waals surface area contributed by atoms with E-state index in [2.05, 4.69) is 89.6 Å². The third kappa shape index (κ3) is 8.72. The maximum atomic E-state index is 12.5. The molecule has 2 heterocycles. The minimum atomic E-state index is 0.0986. The van der Waals surface area contributed by atoms with Crippen LogP contribution in [0.2, 0.25) is 0 Å². The first-order valence-electron chi connectivity index (χ1n) is 14.5. The lowest BCUT2D eigenvalue weighted by molar-refractivity contribution is -0.524. The molecule has 0 unspecified atom stereocenters. The number of rotatable bonds is 11. The summed E-state index contributed by atoms with van der Waals surface area (Å²) >= 11 is 0. The predicted octanol–water partition coefficient (Wildman–Crippen LogP) is 4.56. The fourth-order valence-electron chi connectivity index (χ4n) is 6.84. The first kappa shape index (κ1) is 31.1. The van der Waals surface area contributed by atoms with Crippen LogP contribution >= 0.6 is 0 Å². The van der Waals surface area contributed by atoms with Crippen LogP contribution < -0.4 is 10.3 Å². The van der Waals surface area contributed by atoms with E-state index in [0.717, 1.165) is 64.2 Å². The van der Waals surface area contributed by atoms with Gasteiger partial charge in [0.15, 0.2) is 6.04 Å². The highest BCUT2D eigenvalue weighted by Gasteiger charge is 2.45. The van der Waals surface area contributed by atoms with Crippen molar-refractivity contribution in [3.63, 3.8) is 0 Å². The van der Waals surface area contributed by atoms with Crippen molar-refractivity contribution in [1.29, 1.82) is 0 Å². The second kappa shape index (κ2) is 12.1. The van der Waals surface area contributed by atoms with Gasteiger partial charge in [0.1, 0.15) is 0 Å². The van der Waals surface area contributed by atoms with E-state index in [9.17, 15) is 9.90 Å². The Labute approximate surface area is 222 Å². The molecule has 6 heteroatoms. The van der Waals surface area contributed by atoms with Gasteiger partial charge in [-0.15, -0.1) is 0 Å². The van der Waals surface area contributed by atoms with Gasteiger partial charge in [0.25, 0.3) is 0 Å². The highest BCUT2D eigenvalue weighted by Crippen LogP contribution is 2.37. The number of unbranched alkanes of at least 4 members (excludes halogenated alkanes) is 5. The van der Waals surface area contributed by atoms with E-state index in [1.54, 1.807) is 0 Å². The van der Waals surface area contributed by atoms with Gasteiger partial charge < -0.3 is 10.4 Å². The molecule has 210 valence electrons. The minimum absolute atomic E-state index is 0.0986. The largest absolute Gasteiger partial charge is 0.464 e. The van der Waals surface area contributed by atoms with Gasteiger partial charge in [0, 0.05) is 47.5 Å². The molecular weight excluding hydrogens is 448 g/mol. The van der Waals surface area contributed by atoms with Crippen LogP contribution in [0.4, 0.5) is 0 Å². The number of nitrogens with zero attached hydrogens (tertiary/aromatic N) is 2. The third-order valence-electron chi connectivity index (χ3n) is 9.42. The van der Waals surface area contributed by atoms with Crippen LogP contribution in [-0.2, 0) is 4.79 Å². The Balaban J connectivity index is 1.58. The molecule has 0 radical (unpaired) electrons. The summed E-state index contributed by atoms with van der Waals surface area (Å²) in [5.41, 5.74) is 0.441. The number of amides is 1. The van der Waals surface area contributed by atoms with Crippen molar-refractivity contribution in [2.75, 3.05) is 14.1 Å². The number of hydrogen-bond donors (Lipinski definition) is 3. The smallest absolute Gasteiger partial charge is 0.332 e. The zero-order valence-electron chi connectivity index (χ0n) is 25.4. The van der Waals surface area contributed by atoms with Crippen LogP contribution in [0.3, 0.4) is 0 Å². The molecule has 0 aromatic carbocycles. The van der Waals surface area contributed by atoms with Gasteiger partial charge in [-0.1, -0.05) is 25.7 Å². The second-order valence-corrected chi connectivity index (χ2v) is 14.4. The maximum Gasteiger partial charge on any atom is 0.332 e. The van der Waals surface area contributed by atoms with Crippen LogP contribution in [0.15, 0.2) is 0 Å². The van der Waals surface area contributed by atoms with Gasteiger partial charge in [-0.3, -0.25) is 14.6 Å². The molecule has 2 fully saturated rings. The molecule has 0 saturated carbocycles. The highest BCUT2D eigenvalue weighted by atomic mass is 16.3. The summed E-state index contributed by atoms with van der Waals surface area (Å²) in [7, 11) is 4.41. The van der Waals surface area contributed by atoms with Gasteiger partial charge in [0.05, 0.1) is 6.42 Å². The molecule has 0 atom stereocenters. The normalized spacial score (nSPS) is 25.1. The summed E-state index contributed by atoms with van der Waals surface area (Å²) in [6, 6.07) is 0.590. The van der Waals surface area contributed by atoms with Gasteiger partial charge in [-0.2, -0.15) is 0 Å². The molecule has 2 aliphatic rings. The fraction of sp³-hybridized carbons (Fsp3) is 0.933. The van der Waals surface area contributed by atoms with E-state index < -0.39 is 0 Å². The summed E-state index contributed by atoms with van der Waals surface area (Å²) in [6.45, 7) is 18.3. The predicted molar refractivity (Wildman–Crippen MR) is 152 cm³/mol.